The summed E-state index contributed by atoms with van der Waals surface area (Å²) in [5.41, 5.74) is 10.0. The minimum absolute atomic E-state index is 0.990. The van der Waals surface area contributed by atoms with Crippen molar-refractivity contribution in [2.24, 2.45) is 0 Å². The van der Waals surface area contributed by atoms with E-state index in [-0.39, 0.29) is 0 Å². The van der Waals surface area contributed by atoms with Crippen LogP contribution in [0.5, 0.6) is 0 Å². The molecule has 0 spiro atoms. The largest absolute Gasteiger partial charge is 0.101 e. The number of benzene rings is 5. The van der Waals surface area contributed by atoms with Crippen molar-refractivity contribution in [1.29, 1.82) is 0 Å². The van der Waals surface area contributed by atoms with E-state index in [1.165, 1.54) is 22.3 Å². The molecule has 0 amide bonds. The molecule has 174 valence electrons. The third-order valence-electron chi connectivity index (χ3n) is 6.12. The summed E-state index contributed by atoms with van der Waals surface area (Å²) in [4.78, 5) is 0. The monoisotopic (exact) mass is 470 g/mol. The molecule has 0 N–H and O–H groups in total. The van der Waals surface area contributed by atoms with Crippen LogP contribution in [0.4, 0.5) is 0 Å². The highest BCUT2D eigenvalue weighted by Gasteiger charge is 2.16. The van der Waals surface area contributed by atoms with Gasteiger partial charge in [-0.1, -0.05) is 121 Å². The Kier molecular flexibility index (Phi) is 7.42. The Hall–Kier alpha value is -5.04. The molecule has 0 atom stereocenters. The van der Waals surface area contributed by atoms with Gasteiger partial charge in [-0.05, 0) is 76.7 Å². The quantitative estimate of drug-likeness (QED) is 0.183. The van der Waals surface area contributed by atoms with E-state index in [9.17, 15) is 0 Å². The molecule has 5 aromatic rings. The van der Waals surface area contributed by atoms with Crippen molar-refractivity contribution < 1.29 is 0 Å². The second-order valence-corrected chi connectivity index (χ2v) is 8.63. The van der Waals surface area contributed by atoms with Crippen LogP contribution < -0.4 is 0 Å². The van der Waals surface area contributed by atoms with E-state index in [2.05, 4.69) is 133 Å². The summed E-state index contributed by atoms with van der Waals surface area (Å²) in [5, 5.41) is 0. The standard InChI is InChI=1S/C37H26/c1-2-12-29-21-25-34(26-22-29)36(32-15-8-4-9-16-32)37(33-17-10-5-11-18-33)35-27-23-31(24-28-35)20-19-30-13-6-3-7-14-30/h3-11,13-18,21-28H,1H3. The first-order valence-electron chi connectivity index (χ1n) is 12.4. The molecule has 0 saturated carbocycles. The summed E-state index contributed by atoms with van der Waals surface area (Å²) in [6.45, 7) is 1.87. The van der Waals surface area contributed by atoms with Crippen LogP contribution in [0, 0.1) is 23.7 Å². The minimum Gasteiger partial charge on any atom is -0.101 e. The average Bonchev–Trinajstić information content (AvgIpc) is 2.97. The molecule has 5 aromatic carbocycles. The van der Waals surface area contributed by atoms with Gasteiger partial charge in [-0.15, -0.1) is 5.92 Å². The summed E-state index contributed by atoms with van der Waals surface area (Å²) in [6.07, 6.45) is 0. The zero-order valence-corrected chi connectivity index (χ0v) is 20.8. The maximum Gasteiger partial charge on any atom is 0.0249 e. The Balaban J connectivity index is 1.68. The van der Waals surface area contributed by atoms with Crippen molar-refractivity contribution in [3.8, 4) is 23.7 Å². The van der Waals surface area contributed by atoms with Gasteiger partial charge in [0.05, 0.1) is 0 Å². The van der Waals surface area contributed by atoms with E-state index < -0.39 is 0 Å². The molecule has 0 saturated heterocycles. The molecular formula is C37H26. The molecule has 0 radical (unpaired) electrons. The third kappa shape index (κ3) is 5.79. The summed E-state index contributed by atoms with van der Waals surface area (Å²) >= 11 is 0. The summed E-state index contributed by atoms with van der Waals surface area (Å²) < 4.78 is 0. The molecule has 5 rings (SSSR count). The predicted molar refractivity (Wildman–Crippen MR) is 156 cm³/mol. The zero-order valence-electron chi connectivity index (χ0n) is 20.8. The van der Waals surface area contributed by atoms with Gasteiger partial charge >= 0.3 is 0 Å². The van der Waals surface area contributed by atoms with Gasteiger partial charge in [0.15, 0.2) is 0 Å². The average molecular weight is 471 g/mol. The Morgan fingerprint density at radius 1 is 0.351 bits per heavy atom. The molecule has 0 heterocycles. The van der Waals surface area contributed by atoms with Crippen molar-refractivity contribution in [2.75, 3.05) is 0 Å². The van der Waals surface area contributed by atoms with E-state index in [1.54, 1.807) is 0 Å². The van der Waals surface area contributed by atoms with Gasteiger partial charge in [0.2, 0.25) is 0 Å². The van der Waals surface area contributed by atoms with Crippen LogP contribution >= 0.6 is 0 Å². The first kappa shape index (κ1) is 23.7. The minimum atomic E-state index is 0.990. The molecular weight excluding hydrogens is 444 g/mol. The Morgan fingerprint density at radius 3 is 1.08 bits per heavy atom. The fourth-order valence-electron chi connectivity index (χ4n) is 4.37. The van der Waals surface area contributed by atoms with Crippen molar-refractivity contribution in [3.05, 3.63) is 178 Å². The normalized spacial score (nSPS) is 10.8. The molecule has 0 aliphatic rings. The molecule has 0 unspecified atom stereocenters. The van der Waals surface area contributed by atoms with Crippen LogP contribution in [0.2, 0.25) is 0 Å². The van der Waals surface area contributed by atoms with Gasteiger partial charge in [-0.2, -0.15) is 0 Å². The second kappa shape index (κ2) is 11.6. The lowest BCUT2D eigenvalue weighted by Gasteiger charge is -2.18. The van der Waals surface area contributed by atoms with E-state index in [0.29, 0.717) is 0 Å². The lowest BCUT2D eigenvalue weighted by molar-refractivity contribution is 1.49. The van der Waals surface area contributed by atoms with Crippen LogP contribution in [0.15, 0.2) is 140 Å². The Morgan fingerprint density at radius 2 is 0.676 bits per heavy atom. The Labute approximate surface area is 220 Å². The molecule has 0 nitrogen and oxygen atoms in total. The fraction of sp³-hybridized carbons (Fsp3) is 0.0270. The SMILES string of the molecule is CC#Cc1ccc(C(=C(c2ccccc2)c2ccc(C#Cc3ccccc3)cc2)c2ccccc2)cc1. The van der Waals surface area contributed by atoms with Crippen molar-refractivity contribution in [2.45, 2.75) is 6.92 Å². The van der Waals surface area contributed by atoms with Gasteiger partial charge in [0, 0.05) is 16.7 Å². The van der Waals surface area contributed by atoms with E-state index in [0.717, 1.165) is 27.8 Å². The maximum absolute atomic E-state index is 3.30. The highest BCUT2D eigenvalue weighted by atomic mass is 14.2. The molecule has 0 aliphatic carbocycles. The van der Waals surface area contributed by atoms with Gasteiger partial charge in [0.25, 0.3) is 0 Å². The summed E-state index contributed by atoms with van der Waals surface area (Å²) in [7, 11) is 0. The Bertz CT molecular complexity index is 1620. The zero-order chi connectivity index (χ0) is 25.3. The van der Waals surface area contributed by atoms with Crippen LogP contribution in [-0.2, 0) is 0 Å². The number of hydrogen-bond donors (Lipinski definition) is 0. The smallest absolute Gasteiger partial charge is 0.0249 e. The summed E-state index contributed by atoms with van der Waals surface area (Å²) in [5.74, 6) is 12.7. The van der Waals surface area contributed by atoms with Crippen LogP contribution in [0.1, 0.15) is 45.9 Å². The highest BCUT2D eigenvalue weighted by Crippen LogP contribution is 2.37. The second-order valence-electron chi connectivity index (χ2n) is 8.63. The lowest BCUT2D eigenvalue weighted by Crippen LogP contribution is -1.98. The molecule has 37 heavy (non-hydrogen) atoms. The number of hydrogen-bond acceptors (Lipinski definition) is 0. The predicted octanol–water partition coefficient (Wildman–Crippen LogP) is 8.47. The molecule has 0 fully saturated rings. The maximum atomic E-state index is 3.30. The van der Waals surface area contributed by atoms with Crippen LogP contribution in [0.25, 0.3) is 11.1 Å². The van der Waals surface area contributed by atoms with Gasteiger partial charge < -0.3 is 0 Å². The first-order chi connectivity index (χ1) is 18.3. The summed E-state index contributed by atoms with van der Waals surface area (Å²) in [6, 6.07) is 48.4. The topological polar surface area (TPSA) is 0 Å². The van der Waals surface area contributed by atoms with E-state index in [1.807, 2.05) is 37.3 Å². The molecule has 0 bridgehead atoms. The van der Waals surface area contributed by atoms with Crippen LogP contribution in [-0.4, -0.2) is 0 Å². The molecule has 0 aliphatic heterocycles. The lowest BCUT2D eigenvalue weighted by atomic mass is 9.85. The highest BCUT2D eigenvalue weighted by molar-refractivity contribution is 6.04. The fourth-order valence-corrected chi connectivity index (χ4v) is 4.37. The van der Waals surface area contributed by atoms with Gasteiger partial charge in [-0.3, -0.25) is 0 Å². The van der Waals surface area contributed by atoms with Crippen LogP contribution in [0.3, 0.4) is 0 Å². The van der Waals surface area contributed by atoms with Crippen molar-refractivity contribution >= 4 is 11.1 Å². The van der Waals surface area contributed by atoms with Gasteiger partial charge in [0.1, 0.15) is 0 Å². The molecule has 0 heteroatoms. The number of rotatable bonds is 4. The first-order valence-corrected chi connectivity index (χ1v) is 12.4. The third-order valence-corrected chi connectivity index (χ3v) is 6.12. The molecule has 0 aromatic heterocycles. The van der Waals surface area contributed by atoms with Crippen molar-refractivity contribution in [1.82, 2.24) is 0 Å². The van der Waals surface area contributed by atoms with Crippen molar-refractivity contribution in [3.63, 3.8) is 0 Å². The van der Waals surface area contributed by atoms with Gasteiger partial charge in [-0.25, -0.2) is 0 Å². The van der Waals surface area contributed by atoms with E-state index >= 15 is 0 Å². The van der Waals surface area contributed by atoms with E-state index in [4.69, 9.17) is 0 Å².